The average molecular weight is 456 g/mol. The Morgan fingerprint density at radius 2 is 1.73 bits per heavy atom. The molecule has 1 aromatic carbocycles. The Kier molecular flexibility index (Phi) is 4.92. The van der Waals surface area contributed by atoms with E-state index in [2.05, 4.69) is 5.32 Å². The minimum absolute atomic E-state index is 0.0613. The minimum Gasteiger partial charge on any atom is -0.493 e. The Bertz CT molecular complexity index is 967. The molecular formula is C27H34FNO4. The highest BCUT2D eigenvalue weighted by atomic mass is 19.1. The third-order valence-corrected chi connectivity index (χ3v) is 9.30. The summed E-state index contributed by atoms with van der Waals surface area (Å²) < 4.78 is 21.6. The predicted molar refractivity (Wildman–Crippen MR) is 121 cm³/mol. The van der Waals surface area contributed by atoms with Crippen LogP contribution in [0.4, 0.5) is 4.39 Å². The summed E-state index contributed by atoms with van der Waals surface area (Å²) in [6, 6.07) is 2.45. The van der Waals surface area contributed by atoms with Crippen LogP contribution < -0.4 is 10.1 Å². The summed E-state index contributed by atoms with van der Waals surface area (Å²) >= 11 is 0. The number of hydrogen-bond acceptors (Lipinski definition) is 4. The SMILES string of the molecule is CC1(C(=O)O)CCC(C(=O)c2cc(C3CC3)c(OCC34CC5CC(CC(C5)C3)C4)cc2F)N1. The topological polar surface area (TPSA) is 75.6 Å². The number of carbonyl (C=O) groups is 2. The Balaban J connectivity index is 1.22. The average Bonchev–Trinajstić information content (AvgIpc) is 3.51. The molecule has 178 valence electrons. The van der Waals surface area contributed by atoms with Crippen LogP contribution in [0.3, 0.4) is 0 Å². The molecule has 2 atom stereocenters. The highest BCUT2D eigenvalue weighted by Gasteiger charge is 2.51. The molecule has 0 aromatic heterocycles. The Labute approximate surface area is 194 Å². The highest BCUT2D eigenvalue weighted by molar-refractivity contribution is 6.01. The molecule has 0 radical (unpaired) electrons. The lowest BCUT2D eigenvalue weighted by molar-refractivity contribution is -0.143. The first-order valence-corrected chi connectivity index (χ1v) is 12.8. The summed E-state index contributed by atoms with van der Waals surface area (Å²) in [6.07, 6.45) is 10.7. The molecule has 33 heavy (non-hydrogen) atoms. The highest BCUT2D eigenvalue weighted by Crippen LogP contribution is 2.60. The molecule has 5 saturated carbocycles. The number of carboxylic acids is 1. The molecule has 1 heterocycles. The summed E-state index contributed by atoms with van der Waals surface area (Å²) in [5.74, 6) is 1.56. The second-order valence-corrected chi connectivity index (χ2v) is 12.1. The van der Waals surface area contributed by atoms with Gasteiger partial charge in [0.15, 0.2) is 5.78 Å². The molecule has 1 aromatic rings. The van der Waals surface area contributed by atoms with E-state index in [9.17, 15) is 14.7 Å². The number of carboxylic acid groups (broad SMARTS) is 1. The van der Waals surface area contributed by atoms with Crippen molar-refractivity contribution in [3.05, 3.63) is 29.1 Å². The van der Waals surface area contributed by atoms with Crippen LogP contribution in [-0.4, -0.2) is 35.0 Å². The minimum atomic E-state index is -1.14. The fourth-order valence-corrected chi connectivity index (χ4v) is 7.81. The van der Waals surface area contributed by atoms with E-state index in [-0.39, 0.29) is 16.8 Å². The van der Waals surface area contributed by atoms with Crippen LogP contribution in [0.15, 0.2) is 12.1 Å². The molecule has 7 rings (SSSR count). The van der Waals surface area contributed by atoms with Crippen LogP contribution in [0, 0.1) is 29.0 Å². The number of ether oxygens (including phenoxy) is 1. The third-order valence-electron chi connectivity index (χ3n) is 9.30. The van der Waals surface area contributed by atoms with Crippen molar-refractivity contribution < 1.29 is 23.8 Å². The van der Waals surface area contributed by atoms with Crippen molar-refractivity contribution in [1.29, 1.82) is 0 Å². The van der Waals surface area contributed by atoms with Gasteiger partial charge >= 0.3 is 5.97 Å². The summed E-state index contributed by atoms with van der Waals surface area (Å²) in [7, 11) is 0. The van der Waals surface area contributed by atoms with Gasteiger partial charge in [-0.15, -0.1) is 0 Å². The second-order valence-electron chi connectivity index (χ2n) is 12.1. The van der Waals surface area contributed by atoms with Crippen molar-refractivity contribution in [2.75, 3.05) is 6.61 Å². The molecule has 6 aliphatic rings. The van der Waals surface area contributed by atoms with Gasteiger partial charge in [0.05, 0.1) is 18.2 Å². The van der Waals surface area contributed by atoms with Gasteiger partial charge in [0.1, 0.15) is 17.1 Å². The van der Waals surface area contributed by atoms with Gasteiger partial charge in [-0.1, -0.05) is 0 Å². The molecule has 5 nitrogen and oxygen atoms in total. The Morgan fingerprint density at radius 1 is 1.09 bits per heavy atom. The molecule has 2 N–H and O–H groups in total. The maximum atomic E-state index is 15.2. The van der Waals surface area contributed by atoms with Crippen LogP contribution in [0.5, 0.6) is 5.75 Å². The molecule has 2 unspecified atom stereocenters. The normalized spacial score (nSPS) is 39.1. The molecule has 1 saturated heterocycles. The number of rotatable bonds is 7. The number of hydrogen-bond donors (Lipinski definition) is 2. The van der Waals surface area contributed by atoms with Crippen molar-refractivity contribution in [1.82, 2.24) is 5.32 Å². The number of carbonyl (C=O) groups excluding carboxylic acids is 1. The number of nitrogens with one attached hydrogen (secondary N) is 1. The van der Waals surface area contributed by atoms with Crippen LogP contribution >= 0.6 is 0 Å². The molecule has 1 aliphatic heterocycles. The van der Waals surface area contributed by atoms with Crippen molar-refractivity contribution in [2.24, 2.45) is 23.2 Å². The lowest BCUT2D eigenvalue weighted by atomic mass is 9.50. The zero-order chi connectivity index (χ0) is 23.0. The number of aliphatic carboxylic acids is 1. The first-order valence-electron chi connectivity index (χ1n) is 12.8. The van der Waals surface area contributed by atoms with Gasteiger partial charge in [0.2, 0.25) is 0 Å². The van der Waals surface area contributed by atoms with Crippen LogP contribution in [0.25, 0.3) is 0 Å². The van der Waals surface area contributed by atoms with Crippen molar-refractivity contribution in [3.63, 3.8) is 0 Å². The first kappa shape index (κ1) is 21.6. The Hall–Kier alpha value is -1.95. The van der Waals surface area contributed by atoms with E-state index in [1.807, 2.05) is 0 Å². The summed E-state index contributed by atoms with van der Waals surface area (Å²) in [5, 5.41) is 12.4. The van der Waals surface area contributed by atoms with Gasteiger partial charge in [-0.25, -0.2) is 4.39 Å². The van der Waals surface area contributed by atoms with E-state index in [0.29, 0.717) is 31.1 Å². The summed E-state index contributed by atoms with van der Waals surface area (Å²) in [5.41, 5.74) is 0.113. The monoisotopic (exact) mass is 455 g/mol. The lowest BCUT2D eigenvalue weighted by Crippen LogP contribution is -2.49. The number of ketones is 1. The summed E-state index contributed by atoms with van der Waals surface area (Å²) in [6.45, 7) is 2.24. The molecule has 6 heteroatoms. The molecular weight excluding hydrogens is 421 g/mol. The van der Waals surface area contributed by atoms with E-state index >= 15 is 4.39 Å². The molecule has 6 fully saturated rings. The maximum absolute atomic E-state index is 15.2. The quantitative estimate of drug-likeness (QED) is 0.561. The van der Waals surface area contributed by atoms with Gasteiger partial charge in [-0.3, -0.25) is 14.9 Å². The maximum Gasteiger partial charge on any atom is 0.323 e. The Morgan fingerprint density at radius 3 is 2.27 bits per heavy atom. The lowest BCUT2D eigenvalue weighted by Gasteiger charge is -2.56. The van der Waals surface area contributed by atoms with E-state index in [1.165, 1.54) is 44.6 Å². The van der Waals surface area contributed by atoms with Gasteiger partial charge in [0, 0.05) is 11.5 Å². The number of benzene rings is 1. The van der Waals surface area contributed by atoms with Crippen molar-refractivity contribution in [2.45, 2.75) is 88.6 Å². The van der Waals surface area contributed by atoms with Crippen molar-refractivity contribution >= 4 is 11.8 Å². The van der Waals surface area contributed by atoms with Gasteiger partial charge in [0.25, 0.3) is 0 Å². The largest absolute Gasteiger partial charge is 0.493 e. The summed E-state index contributed by atoms with van der Waals surface area (Å²) in [4.78, 5) is 24.7. The van der Waals surface area contributed by atoms with Gasteiger partial charge in [-0.05, 0) is 106 Å². The molecule has 4 bridgehead atoms. The van der Waals surface area contributed by atoms with Gasteiger partial charge in [-0.2, -0.15) is 0 Å². The number of Topliss-reactive ketones (excluding diaryl/α,β-unsaturated/α-hetero) is 1. The zero-order valence-electron chi connectivity index (χ0n) is 19.4. The van der Waals surface area contributed by atoms with E-state index in [0.717, 1.165) is 36.2 Å². The second kappa shape index (κ2) is 7.53. The zero-order valence-corrected chi connectivity index (χ0v) is 19.4. The van der Waals surface area contributed by atoms with Crippen LogP contribution in [0.1, 0.15) is 93.0 Å². The van der Waals surface area contributed by atoms with E-state index in [1.54, 1.807) is 13.0 Å². The van der Waals surface area contributed by atoms with E-state index < -0.39 is 23.4 Å². The van der Waals surface area contributed by atoms with Crippen LogP contribution in [-0.2, 0) is 4.79 Å². The van der Waals surface area contributed by atoms with E-state index in [4.69, 9.17) is 4.74 Å². The standard InChI is InChI=1S/C27H34FNO4/c1-26(25(31)32)5-4-22(29-26)24(30)20-9-19(18-2-3-18)23(10-21(20)28)33-14-27-11-15-6-16(12-27)8-17(7-15)13-27/h9-10,15-18,22,29H,2-8,11-14H2,1H3,(H,31,32). The fourth-order valence-electron chi connectivity index (χ4n) is 7.81. The van der Waals surface area contributed by atoms with Gasteiger partial charge < -0.3 is 9.84 Å². The first-order chi connectivity index (χ1) is 15.7. The predicted octanol–water partition coefficient (Wildman–Crippen LogP) is 5.08. The number of halogens is 1. The van der Waals surface area contributed by atoms with Crippen molar-refractivity contribution in [3.8, 4) is 5.75 Å². The smallest absolute Gasteiger partial charge is 0.323 e. The van der Waals surface area contributed by atoms with Crippen LogP contribution in [0.2, 0.25) is 0 Å². The molecule has 5 aliphatic carbocycles. The fraction of sp³-hybridized carbons (Fsp3) is 0.704. The third kappa shape index (κ3) is 3.78. The molecule has 0 amide bonds. The molecule has 0 spiro atoms.